The molecule has 130 valence electrons. The highest BCUT2D eigenvalue weighted by Crippen LogP contribution is 2.37. The third kappa shape index (κ3) is 2.93. The number of aromatic nitrogens is 2. The standard InChI is InChI=1S/C14H12ClF3N4O.H2S/c1-7-6-21(13(23)12-11(19)5-20-22(7)12)8-2-3-9(10(15)4-8)14(16,17)18;/h2-5,7H,6,19H2,1H3;1H2/t7-;/m0./s1. The van der Waals surface area contributed by atoms with Gasteiger partial charge >= 0.3 is 6.18 Å². The van der Waals surface area contributed by atoms with Crippen LogP contribution in [0.2, 0.25) is 5.02 Å². The molecule has 1 aliphatic heterocycles. The average molecular weight is 379 g/mol. The molecule has 1 amide bonds. The second kappa shape index (κ2) is 6.21. The molecule has 2 aromatic rings. The van der Waals surface area contributed by atoms with Crippen molar-refractivity contribution >= 4 is 42.4 Å². The van der Waals surface area contributed by atoms with Gasteiger partial charge in [-0.3, -0.25) is 9.48 Å². The van der Waals surface area contributed by atoms with E-state index in [1.54, 1.807) is 0 Å². The van der Waals surface area contributed by atoms with E-state index in [0.717, 1.165) is 12.1 Å². The van der Waals surface area contributed by atoms with Gasteiger partial charge in [0.2, 0.25) is 0 Å². The molecule has 2 N–H and O–H groups in total. The maximum Gasteiger partial charge on any atom is 0.417 e. The molecule has 3 rings (SSSR count). The summed E-state index contributed by atoms with van der Waals surface area (Å²) in [5.41, 5.74) is 5.55. The van der Waals surface area contributed by atoms with E-state index in [4.69, 9.17) is 17.3 Å². The lowest BCUT2D eigenvalue weighted by Gasteiger charge is -2.32. The quantitative estimate of drug-likeness (QED) is 0.826. The Labute approximate surface area is 147 Å². The van der Waals surface area contributed by atoms with E-state index in [-0.39, 0.29) is 43.2 Å². The minimum atomic E-state index is -4.54. The molecule has 10 heteroatoms. The fourth-order valence-electron chi connectivity index (χ4n) is 2.61. The number of anilines is 2. The Morgan fingerprint density at radius 3 is 2.62 bits per heavy atom. The highest BCUT2D eigenvalue weighted by molar-refractivity contribution is 7.59. The number of nitrogens with zero attached hydrogens (tertiary/aromatic N) is 3. The molecule has 1 atom stereocenters. The van der Waals surface area contributed by atoms with Crippen molar-refractivity contribution in [2.24, 2.45) is 0 Å². The lowest BCUT2D eigenvalue weighted by atomic mass is 10.1. The number of amides is 1. The zero-order valence-corrected chi connectivity index (χ0v) is 14.2. The number of carbonyl (C=O) groups is 1. The summed E-state index contributed by atoms with van der Waals surface area (Å²) in [5, 5.41) is 3.59. The van der Waals surface area contributed by atoms with E-state index in [2.05, 4.69) is 5.10 Å². The van der Waals surface area contributed by atoms with Crippen molar-refractivity contribution in [1.82, 2.24) is 9.78 Å². The first-order valence-electron chi connectivity index (χ1n) is 6.71. The van der Waals surface area contributed by atoms with Crippen molar-refractivity contribution in [2.45, 2.75) is 19.1 Å². The SMILES string of the molecule is C[C@H]1CN(c2ccc(C(F)(F)F)c(Cl)c2)C(=O)c2c(N)cnn21.S. The number of benzene rings is 1. The predicted molar refractivity (Wildman–Crippen MR) is 89.9 cm³/mol. The van der Waals surface area contributed by atoms with E-state index < -0.39 is 22.7 Å². The first-order chi connectivity index (χ1) is 10.7. The van der Waals surface area contributed by atoms with Gasteiger partial charge in [0.05, 0.1) is 28.5 Å². The van der Waals surface area contributed by atoms with E-state index >= 15 is 0 Å². The van der Waals surface area contributed by atoms with Crippen LogP contribution in [0, 0.1) is 0 Å². The molecule has 1 aliphatic rings. The van der Waals surface area contributed by atoms with Crippen LogP contribution in [0.15, 0.2) is 24.4 Å². The molecule has 24 heavy (non-hydrogen) atoms. The zero-order valence-electron chi connectivity index (χ0n) is 12.4. The largest absolute Gasteiger partial charge is 0.417 e. The third-order valence-electron chi connectivity index (χ3n) is 3.71. The van der Waals surface area contributed by atoms with Crippen LogP contribution in [0.5, 0.6) is 0 Å². The molecule has 0 spiro atoms. The molecule has 0 aliphatic carbocycles. The molecule has 1 aromatic heterocycles. The summed E-state index contributed by atoms with van der Waals surface area (Å²) >= 11 is 5.73. The second-order valence-electron chi connectivity index (χ2n) is 5.32. The number of halogens is 4. The molecule has 0 unspecified atom stereocenters. The highest BCUT2D eigenvalue weighted by Gasteiger charge is 2.36. The summed E-state index contributed by atoms with van der Waals surface area (Å²) in [6, 6.07) is 3.06. The van der Waals surface area contributed by atoms with Crippen molar-refractivity contribution in [1.29, 1.82) is 0 Å². The van der Waals surface area contributed by atoms with Gasteiger partial charge in [0.25, 0.3) is 5.91 Å². The molecule has 2 heterocycles. The van der Waals surface area contributed by atoms with Crippen molar-refractivity contribution in [3.63, 3.8) is 0 Å². The zero-order chi connectivity index (χ0) is 16.9. The average Bonchev–Trinajstić information content (AvgIpc) is 2.84. The van der Waals surface area contributed by atoms with Gasteiger partial charge in [-0.15, -0.1) is 0 Å². The van der Waals surface area contributed by atoms with Gasteiger partial charge in [0.1, 0.15) is 5.69 Å². The van der Waals surface area contributed by atoms with Gasteiger partial charge in [0, 0.05) is 12.2 Å². The minimum absolute atomic E-state index is 0. The molecular formula is C14H14ClF3N4OS. The maximum atomic E-state index is 12.8. The van der Waals surface area contributed by atoms with Gasteiger partial charge in [-0.2, -0.15) is 31.8 Å². The summed E-state index contributed by atoms with van der Waals surface area (Å²) < 4.78 is 39.8. The number of carbonyl (C=O) groups excluding carboxylic acids is 1. The molecule has 0 bridgehead atoms. The number of nitrogen functional groups attached to an aromatic ring is 1. The molecule has 5 nitrogen and oxygen atoms in total. The van der Waals surface area contributed by atoms with E-state index in [1.165, 1.54) is 21.8 Å². The van der Waals surface area contributed by atoms with Gasteiger partial charge in [-0.05, 0) is 25.1 Å². The first kappa shape index (κ1) is 18.5. The number of alkyl halides is 3. The maximum absolute atomic E-state index is 12.8. The van der Waals surface area contributed by atoms with Gasteiger partial charge in [-0.25, -0.2) is 0 Å². The molecule has 0 saturated carbocycles. The first-order valence-corrected chi connectivity index (χ1v) is 7.09. The molecule has 0 fully saturated rings. The highest BCUT2D eigenvalue weighted by atomic mass is 35.5. The van der Waals surface area contributed by atoms with Crippen molar-refractivity contribution in [3.05, 3.63) is 40.7 Å². The Morgan fingerprint density at radius 2 is 2.04 bits per heavy atom. The van der Waals surface area contributed by atoms with Crippen LogP contribution >= 0.6 is 25.1 Å². The summed E-state index contributed by atoms with van der Waals surface area (Å²) in [6.45, 7) is 2.09. The summed E-state index contributed by atoms with van der Waals surface area (Å²) in [5.74, 6) is -0.422. The Bertz CT molecular complexity index is 793. The second-order valence-corrected chi connectivity index (χ2v) is 5.73. The van der Waals surface area contributed by atoms with Crippen molar-refractivity contribution in [2.75, 3.05) is 17.2 Å². The Morgan fingerprint density at radius 1 is 1.38 bits per heavy atom. The molecule has 0 saturated heterocycles. The minimum Gasteiger partial charge on any atom is -0.396 e. The van der Waals surface area contributed by atoms with Crippen LogP contribution in [-0.4, -0.2) is 22.2 Å². The summed E-state index contributed by atoms with van der Waals surface area (Å²) in [7, 11) is 0. The van der Waals surface area contributed by atoms with Crippen molar-refractivity contribution in [3.8, 4) is 0 Å². The van der Waals surface area contributed by atoms with Gasteiger partial charge in [-0.1, -0.05) is 11.6 Å². The monoisotopic (exact) mass is 378 g/mol. The number of hydrogen-bond donors (Lipinski definition) is 1. The van der Waals surface area contributed by atoms with E-state index in [0.29, 0.717) is 0 Å². The normalized spacial score (nSPS) is 17.5. The lowest BCUT2D eigenvalue weighted by molar-refractivity contribution is -0.137. The Balaban J connectivity index is 0.00000208. The van der Waals surface area contributed by atoms with Crippen LogP contribution in [0.25, 0.3) is 0 Å². The number of fused-ring (bicyclic) bond motifs is 1. The van der Waals surface area contributed by atoms with Crippen molar-refractivity contribution < 1.29 is 18.0 Å². The fraction of sp³-hybridized carbons (Fsp3) is 0.286. The lowest BCUT2D eigenvalue weighted by Crippen LogP contribution is -2.43. The predicted octanol–water partition coefficient (Wildman–Crippen LogP) is 3.47. The topological polar surface area (TPSA) is 64.2 Å². The fourth-order valence-corrected chi connectivity index (χ4v) is 2.89. The van der Waals surface area contributed by atoms with E-state index in [9.17, 15) is 18.0 Å². The molecule has 1 aromatic carbocycles. The third-order valence-corrected chi connectivity index (χ3v) is 4.02. The Hall–Kier alpha value is -1.87. The van der Waals surface area contributed by atoms with Crippen LogP contribution in [0.3, 0.4) is 0 Å². The van der Waals surface area contributed by atoms with Gasteiger partial charge in [0.15, 0.2) is 0 Å². The summed E-state index contributed by atoms with van der Waals surface area (Å²) in [6.07, 6.45) is -3.16. The number of hydrogen-bond acceptors (Lipinski definition) is 3. The van der Waals surface area contributed by atoms with Crippen LogP contribution in [0.1, 0.15) is 29.0 Å². The summed E-state index contributed by atoms with van der Waals surface area (Å²) in [4.78, 5) is 13.9. The van der Waals surface area contributed by atoms with Crippen LogP contribution in [-0.2, 0) is 6.18 Å². The molecular weight excluding hydrogens is 365 g/mol. The van der Waals surface area contributed by atoms with Crippen LogP contribution in [0.4, 0.5) is 24.5 Å². The van der Waals surface area contributed by atoms with Crippen LogP contribution < -0.4 is 10.6 Å². The smallest absolute Gasteiger partial charge is 0.396 e. The number of nitrogens with two attached hydrogens (primary N) is 1. The number of rotatable bonds is 1. The molecule has 0 radical (unpaired) electrons. The van der Waals surface area contributed by atoms with Gasteiger partial charge < -0.3 is 10.6 Å². The van der Waals surface area contributed by atoms with E-state index in [1.807, 2.05) is 6.92 Å². The Kier molecular flexibility index (Phi) is 4.78.